The Kier molecular flexibility index (Phi) is 5.58. The fourth-order valence-corrected chi connectivity index (χ4v) is 3.46. The monoisotopic (exact) mass is 367 g/mol. The normalized spacial score (nSPS) is 10.4. The van der Waals surface area contributed by atoms with E-state index in [2.05, 4.69) is 11.4 Å². The van der Waals surface area contributed by atoms with Crippen molar-refractivity contribution in [2.45, 2.75) is 20.5 Å². The fourth-order valence-electron chi connectivity index (χ4n) is 2.67. The van der Waals surface area contributed by atoms with Gasteiger partial charge in [0.05, 0.1) is 12.0 Å². The van der Waals surface area contributed by atoms with Crippen molar-refractivity contribution in [1.82, 2.24) is 0 Å². The maximum Gasteiger partial charge on any atom is 0.265 e. The van der Waals surface area contributed by atoms with E-state index in [1.165, 1.54) is 11.3 Å². The molecular weight excluding hydrogens is 346 g/mol. The largest absolute Gasteiger partial charge is 0.497 e. The highest BCUT2D eigenvalue weighted by Gasteiger charge is 2.10. The lowest BCUT2D eigenvalue weighted by molar-refractivity contribution is 0.103. The number of ether oxygens (including phenoxy) is 2. The zero-order chi connectivity index (χ0) is 18.5. The molecule has 0 atom stereocenters. The van der Waals surface area contributed by atoms with Crippen LogP contribution in [0.1, 0.15) is 26.4 Å². The van der Waals surface area contributed by atoms with Gasteiger partial charge in [0.2, 0.25) is 0 Å². The minimum atomic E-state index is -0.104. The Bertz CT molecular complexity index is 897. The number of hydrogen-bond donors (Lipinski definition) is 1. The molecule has 1 aromatic heterocycles. The number of benzene rings is 2. The molecule has 1 heterocycles. The number of anilines is 1. The van der Waals surface area contributed by atoms with E-state index in [0.29, 0.717) is 11.5 Å². The lowest BCUT2D eigenvalue weighted by Crippen LogP contribution is -2.10. The van der Waals surface area contributed by atoms with Crippen LogP contribution in [0.2, 0.25) is 0 Å². The Labute approximate surface area is 157 Å². The van der Waals surface area contributed by atoms with Crippen LogP contribution in [0.5, 0.6) is 11.5 Å². The van der Waals surface area contributed by atoms with Gasteiger partial charge in [-0.25, -0.2) is 0 Å². The summed E-state index contributed by atoms with van der Waals surface area (Å²) in [5.74, 6) is 1.38. The molecule has 0 unspecified atom stereocenters. The van der Waals surface area contributed by atoms with E-state index in [0.717, 1.165) is 33.9 Å². The van der Waals surface area contributed by atoms with Crippen molar-refractivity contribution >= 4 is 22.9 Å². The van der Waals surface area contributed by atoms with Gasteiger partial charge in [-0.2, -0.15) is 0 Å². The first-order chi connectivity index (χ1) is 12.5. The number of carbonyl (C=O) groups is 1. The highest BCUT2D eigenvalue weighted by molar-refractivity contribution is 7.12. The Hall–Kier alpha value is -2.79. The summed E-state index contributed by atoms with van der Waals surface area (Å²) in [7, 11) is 1.62. The molecule has 1 amide bonds. The minimum Gasteiger partial charge on any atom is -0.497 e. The number of carbonyl (C=O) groups excluding carboxylic acids is 1. The standard InChI is InChI=1S/C21H21NO3S/c1-14-7-15(2)9-17(8-14)22-21(23)20-10-16(13-26-20)12-25-19-6-4-5-18(11-19)24-3/h4-11,13H,12H2,1-3H3,(H,22,23). The van der Waals surface area contributed by atoms with Crippen molar-refractivity contribution in [2.24, 2.45) is 0 Å². The summed E-state index contributed by atoms with van der Waals surface area (Å²) in [6.07, 6.45) is 0. The molecule has 26 heavy (non-hydrogen) atoms. The SMILES string of the molecule is COc1cccc(OCc2csc(C(=O)Nc3cc(C)cc(C)c3)c2)c1. The zero-order valence-corrected chi connectivity index (χ0v) is 15.9. The van der Waals surface area contributed by atoms with Gasteiger partial charge in [0.1, 0.15) is 18.1 Å². The molecule has 3 aromatic rings. The van der Waals surface area contributed by atoms with Crippen molar-refractivity contribution in [2.75, 3.05) is 12.4 Å². The summed E-state index contributed by atoms with van der Waals surface area (Å²) in [6.45, 7) is 4.43. The Balaban J connectivity index is 1.62. The first-order valence-corrected chi connectivity index (χ1v) is 9.15. The van der Waals surface area contributed by atoms with Crippen LogP contribution in [0.25, 0.3) is 0 Å². The summed E-state index contributed by atoms with van der Waals surface area (Å²) in [6, 6.07) is 15.3. The number of aryl methyl sites for hydroxylation is 2. The van der Waals surface area contributed by atoms with Crippen LogP contribution in [-0.4, -0.2) is 13.0 Å². The van der Waals surface area contributed by atoms with Gasteiger partial charge in [-0.05, 0) is 60.7 Å². The van der Waals surface area contributed by atoms with Crippen LogP contribution in [0.15, 0.2) is 53.9 Å². The maximum atomic E-state index is 12.4. The van der Waals surface area contributed by atoms with E-state index in [1.54, 1.807) is 7.11 Å². The molecule has 0 saturated heterocycles. The van der Waals surface area contributed by atoms with Gasteiger partial charge in [-0.3, -0.25) is 4.79 Å². The molecule has 4 nitrogen and oxygen atoms in total. The molecule has 0 bridgehead atoms. The first-order valence-electron chi connectivity index (χ1n) is 8.27. The molecule has 0 aliphatic heterocycles. The quantitative estimate of drug-likeness (QED) is 0.651. The van der Waals surface area contributed by atoms with Crippen LogP contribution >= 0.6 is 11.3 Å². The van der Waals surface area contributed by atoms with E-state index >= 15 is 0 Å². The summed E-state index contributed by atoms with van der Waals surface area (Å²) < 4.78 is 11.0. The average molecular weight is 367 g/mol. The van der Waals surface area contributed by atoms with Crippen molar-refractivity contribution in [1.29, 1.82) is 0 Å². The van der Waals surface area contributed by atoms with Crippen molar-refractivity contribution in [3.05, 3.63) is 75.5 Å². The van der Waals surface area contributed by atoms with Gasteiger partial charge < -0.3 is 14.8 Å². The van der Waals surface area contributed by atoms with E-state index in [4.69, 9.17) is 9.47 Å². The van der Waals surface area contributed by atoms with Crippen LogP contribution < -0.4 is 14.8 Å². The van der Waals surface area contributed by atoms with Crippen LogP contribution in [0.4, 0.5) is 5.69 Å². The topological polar surface area (TPSA) is 47.6 Å². The Morgan fingerprint density at radius 1 is 1.04 bits per heavy atom. The van der Waals surface area contributed by atoms with E-state index in [-0.39, 0.29) is 5.91 Å². The number of amides is 1. The van der Waals surface area contributed by atoms with Crippen LogP contribution in [0, 0.1) is 13.8 Å². The predicted octanol–water partition coefficient (Wildman–Crippen LogP) is 5.20. The number of hydrogen-bond acceptors (Lipinski definition) is 4. The summed E-state index contributed by atoms with van der Waals surface area (Å²) in [5.41, 5.74) is 4.02. The van der Waals surface area contributed by atoms with Gasteiger partial charge in [-0.15, -0.1) is 11.3 Å². The van der Waals surface area contributed by atoms with Crippen molar-refractivity contribution in [3.8, 4) is 11.5 Å². The van der Waals surface area contributed by atoms with E-state index in [9.17, 15) is 4.79 Å². The molecule has 2 aromatic carbocycles. The number of nitrogens with one attached hydrogen (secondary N) is 1. The second kappa shape index (κ2) is 8.06. The van der Waals surface area contributed by atoms with Crippen LogP contribution in [-0.2, 0) is 6.61 Å². The number of rotatable bonds is 6. The molecular formula is C21H21NO3S. The smallest absolute Gasteiger partial charge is 0.265 e. The van der Waals surface area contributed by atoms with E-state index in [1.807, 2.05) is 61.7 Å². The summed E-state index contributed by atoms with van der Waals surface area (Å²) >= 11 is 1.41. The third-order valence-corrected chi connectivity index (χ3v) is 4.78. The van der Waals surface area contributed by atoms with Gasteiger partial charge in [-0.1, -0.05) is 12.1 Å². The minimum absolute atomic E-state index is 0.104. The second-order valence-electron chi connectivity index (χ2n) is 6.12. The number of thiophene rings is 1. The van der Waals surface area contributed by atoms with Gasteiger partial charge in [0.15, 0.2) is 0 Å². The lowest BCUT2D eigenvalue weighted by Gasteiger charge is -2.07. The second-order valence-corrected chi connectivity index (χ2v) is 7.03. The van der Waals surface area contributed by atoms with Gasteiger partial charge in [0, 0.05) is 17.3 Å². The van der Waals surface area contributed by atoms with E-state index < -0.39 is 0 Å². The lowest BCUT2D eigenvalue weighted by atomic mass is 10.1. The number of methoxy groups -OCH3 is 1. The predicted molar refractivity (Wildman–Crippen MR) is 106 cm³/mol. The average Bonchev–Trinajstić information content (AvgIpc) is 3.08. The molecule has 0 radical (unpaired) electrons. The van der Waals surface area contributed by atoms with Gasteiger partial charge >= 0.3 is 0 Å². The van der Waals surface area contributed by atoms with Crippen LogP contribution in [0.3, 0.4) is 0 Å². The highest BCUT2D eigenvalue weighted by atomic mass is 32.1. The molecule has 0 aliphatic rings. The third kappa shape index (κ3) is 4.64. The highest BCUT2D eigenvalue weighted by Crippen LogP contribution is 2.22. The summed E-state index contributed by atoms with van der Waals surface area (Å²) in [5, 5.41) is 4.90. The summed E-state index contributed by atoms with van der Waals surface area (Å²) in [4.78, 5) is 13.1. The van der Waals surface area contributed by atoms with Gasteiger partial charge in [0.25, 0.3) is 5.91 Å². The maximum absolute atomic E-state index is 12.4. The zero-order valence-electron chi connectivity index (χ0n) is 15.0. The Morgan fingerprint density at radius 2 is 1.77 bits per heavy atom. The fraction of sp³-hybridized carbons (Fsp3) is 0.190. The van der Waals surface area contributed by atoms with Crippen molar-refractivity contribution < 1.29 is 14.3 Å². The van der Waals surface area contributed by atoms with Crippen molar-refractivity contribution in [3.63, 3.8) is 0 Å². The molecule has 0 spiro atoms. The third-order valence-electron chi connectivity index (χ3n) is 3.80. The molecule has 1 N–H and O–H groups in total. The molecule has 5 heteroatoms. The molecule has 0 fully saturated rings. The Morgan fingerprint density at radius 3 is 2.50 bits per heavy atom. The first kappa shape index (κ1) is 18.0. The molecule has 0 aliphatic carbocycles. The molecule has 3 rings (SSSR count). The molecule has 0 saturated carbocycles. The molecule has 134 valence electrons.